The summed E-state index contributed by atoms with van der Waals surface area (Å²) in [5.74, 6) is -5.39. The van der Waals surface area contributed by atoms with Crippen LogP contribution in [0.4, 0.5) is 30.7 Å². The number of carbonyl (C=O) groups is 1. The quantitative estimate of drug-likeness (QED) is 0.230. The van der Waals surface area contributed by atoms with Gasteiger partial charge in [-0.3, -0.25) is 0 Å². The maximum absolute atomic E-state index is 14.5. The highest BCUT2D eigenvalue weighted by atomic mass is 28.4. The highest BCUT2D eigenvalue weighted by Gasteiger charge is 2.56. The normalized spacial score (nSPS) is 12.2. The van der Waals surface area contributed by atoms with Crippen molar-refractivity contribution in [3.05, 3.63) is 102 Å². The fourth-order valence-electron chi connectivity index (χ4n) is 3.39. The van der Waals surface area contributed by atoms with Gasteiger partial charge in [-0.2, -0.15) is 30.7 Å². The maximum Gasteiger partial charge on any atom is 0.424 e. The molecule has 0 N–H and O–H groups in total. The van der Waals surface area contributed by atoms with Crippen LogP contribution in [0, 0.1) is 0 Å². The molecule has 3 aromatic carbocycles. The second-order valence-electron chi connectivity index (χ2n) is 6.85. The van der Waals surface area contributed by atoms with E-state index in [1.807, 2.05) is 0 Å². The molecule has 0 amide bonds. The first kappa shape index (κ1) is 24.2. The average molecular weight is 484 g/mol. The first-order valence-electron chi connectivity index (χ1n) is 9.42. The number of allylic oxidation sites excluding steroid dienone is 1. The summed E-state index contributed by atoms with van der Waals surface area (Å²) in [5.41, 5.74) is -3.54. The van der Waals surface area contributed by atoms with Crippen LogP contribution in [0.3, 0.4) is 0 Å². The van der Waals surface area contributed by atoms with Crippen LogP contribution in [0.5, 0.6) is 0 Å². The van der Waals surface area contributed by atoms with E-state index in [9.17, 15) is 35.5 Å². The monoisotopic (exact) mass is 484 g/mol. The molecule has 0 fully saturated rings. The first-order valence-corrected chi connectivity index (χ1v) is 11.3. The van der Waals surface area contributed by atoms with Gasteiger partial charge in [0.25, 0.3) is 0 Å². The van der Waals surface area contributed by atoms with E-state index in [4.69, 9.17) is 4.43 Å². The van der Waals surface area contributed by atoms with Crippen molar-refractivity contribution >= 4 is 29.8 Å². The number of alkyl halides is 6. The highest BCUT2D eigenvalue weighted by molar-refractivity contribution is 7.07. The van der Waals surface area contributed by atoms with Gasteiger partial charge in [0.05, 0.1) is 0 Å². The highest BCUT2D eigenvalue weighted by Crippen LogP contribution is 2.41. The zero-order chi connectivity index (χ0) is 24.3. The maximum atomic E-state index is 14.5. The molecule has 3 aromatic rings. The lowest BCUT2D eigenvalue weighted by atomic mass is 10.2. The number of benzene rings is 3. The number of halogens is 7. The van der Waals surface area contributed by atoms with Gasteiger partial charge in [0.1, 0.15) is 0 Å². The predicted octanol–water partition coefficient (Wildman–Crippen LogP) is 4.54. The van der Waals surface area contributed by atoms with E-state index in [0.717, 1.165) is 0 Å². The summed E-state index contributed by atoms with van der Waals surface area (Å²) >= 11 is 0. The third-order valence-corrected chi connectivity index (χ3v) is 8.68. The summed E-state index contributed by atoms with van der Waals surface area (Å²) in [7, 11) is -4.07. The van der Waals surface area contributed by atoms with Crippen molar-refractivity contribution in [2.45, 2.75) is 12.4 Å². The molecule has 10 heteroatoms. The Kier molecular flexibility index (Phi) is 6.77. The number of hydrogen-bond acceptors (Lipinski definition) is 2. The van der Waals surface area contributed by atoms with E-state index in [2.05, 4.69) is 0 Å². The number of hydrogen-bond donors (Lipinski definition) is 0. The molecule has 3 rings (SSSR count). The summed E-state index contributed by atoms with van der Waals surface area (Å²) in [6, 6.07) is 23.4. The first-order chi connectivity index (χ1) is 15.5. The largest absolute Gasteiger partial charge is 0.500 e. The second-order valence-corrected chi connectivity index (χ2v) is 10.2. The Hall–Kier alpha value is -3.40. The van der Waals surface area contributed by atoms with Crippen molar-refractivity contribution in [1.82, 2.24) is 0 Å². The van der Waals surface area contributed by atoms with Crippen LogP contribution in [0.25, 0.3) is 0 Å². The third-order valence-electron chi connectivity index (χ3n) is 4.75. The molecule has 0 aliphatic heterocycles. The van der Waals surface area contributed by atoms with Gasteiger partial charge in [0.2, 0.25) is 5.83 Å². The topological polar surface area (TPSA) is 26.3 Å². The standard InChI is InChI=1S/C23H15F7O2Si/c24-19(20(22(25,26)27)23(28,29)30)21(31)32-33(16-10-4-1-5-11-16,17-12-6-2-7-13-17)18-14-8-3-9-15-18/h1-15H. The molecule has 0 unspecified atom stereocenters. The molecule has 172 valence electrons. The molecular formula is C23H15F7O2Si. The van der Waals surface area contributed by atoms with Crippen molar-refractivity contribution in [3.63, 3.8) is 0 Å². The second kappa shape index (κ2) is 9.22. The van der Waals surface area contributed by atoms with Crippen molar-refractivity contribution in [3.8, 4) is 0 Å². The van der Waals surface area contributed by atoms with Gasteiger partial charge >= 0.3 is 26.6 Å². The Morgan fingerprint density at radius 3 is 1.18 bits per heavy atom. The molecule has 33 heavy (non-hydrogen) atoms. The number of rotatable bonds is 5. The summed E-state index contributed by atoms with van der Waals surface area (Å²) in [5, 5.41) is 0.970. The molecule has 0 saturated carbocycles. The van der Waals surface area contributed by atoms with Gasteiger partial charge in [-0.15, -0.1) is 0 Å². The SMILES string of the molecule is O=C(O[Si](c1ccccc1)(c1ccccc1)c1ccccc1)C(F)=C(C(F)(F)F)C(F)(F)F. The average Bonchev–Trinajstić information content (AvgIpc) is 2.77. The van der Waals surface area contributed by atoms with Crippen molar-refractivity contribution < 1.29 is 40.0 Å². The fourth-order valence-corrected chi connectivity index (χ4v) is 7.10. The van der Waals surface area contributed by atoms with Crippen molar-refractivity contribution in [2.75, 3.05) is 0 Å². The number of carbonyl (C=O) groups excluding carboxylic acids is 1. The van der Waals surface area contributed by atoms with Gasteiger partial charge in [-0.25, -0.2) is 4.79 Å². The summed E-state index contributed by atoms with van der Waals surface area (Å²) < 4.78 is 98.0. The van der Waals surface area contributed by atoms with Crippen LogP contribution in [-0.2, 0) is 9.22 Å². The molecule has 2 nitrogen and oxygen atoms in total. The summed E-state index contributed by atoms with van der Waals surface area (Å²) in [6.45, 7) is 0. The summed E-state index contributed by atoms with van der Waals surface area (Å²) in [4.78, 5) is 12.6. The molecule has 0 radical (unpaired) electrons. The lowest BCUT2D eigenvalue weighted by molar-refractivity contribution is -0.176. The van der Waals surface area contributed by atoms with Gasteiger partial charge in [0.15, 0.2) is 5.57 Å². The van der Waals surface area contributed by atoms with E-state index < -0.39 is 38.0 Å². The van der Waals surface area contributed by atoms with Gasteiger partial charge in [-0.1, -0.05) is 91.0 Å². The van der Waals surface area contributed by atoms with E-state index >= 15 is 0 Å². The zero-order valence-corrected chi connectivity index (χ0v) is 17.6. The van der Waals surface area contributed by atoms with Crippen LogP contribution < -0.4 is 15.6 Å². The fraction of sp³-hybridized carbons (Fsp3) is 0.0870. The Morgan fingerprint density at radius 1 is 0.606 bits per heavy atom. The minimum atomic E-state index is -6.15. The molecule has 0 aliphatic rings. The lowest BCUT2D eigenvalue weighted by Crippen LogP contribution is -2.70. The minimum Gasteiger partial charge on any atom is -0.500 e. The van der Waals surface area contributed by atoms with Crippen LogP contribution >= 0.6 is 0 Å². The van der Waals surface area contributed by atoms with Crippen LogP contribution in [-0.4, -0.2) is 26.6 Å². The smallest absolute Gasteiger partial charge is 0.424 e. The molecule has 0 atom stereocenters. The zero-order valence-electron chi connectivity index (χ0n) is 16.6. The van der Waals surface area contributed by atoms with E-state index in [1.54, 1.807) is 54.6 Å². The lowest BCUT2D eigenvalue weighted by Gasteiger charge is -2.32. The van der Waals surface area contributed by atoms with E-state index in [1.165, 1.54) is 36.4 Å². The van der Waals surface area contributed by atoms with E-state index in [0.29, 0.717) is 15.6 Å². The van der Waals surface area contributed by atoms with Crippen LogP contribution in [0.1, 0.15) is 0 Å². The van der Waals surface area contributed by atoms with Gasteiger partial charge in [-0.05, 0) is 15.6 Å². The van der Waals surface area contributed by atoms with E-state index in [-0.39, 0.29) is 0 Å². The molecule has 0 bridgehead atoms. The predicted molar refractivity (Wildman–Crippen MR) is 110 cm³/mol. The Balaban J connectivity index is 2.29. The van der Waals surface area contributed by atoms with Crippen molar-refractivity contribution in [2.24, 2.45) is 0 Å². The van der Waals surface area contributed by atoms with Gasteiger partial charge in [0, 0.05) is 0 Å². The minimum absolute atomic E-state index is 0.323. The summed E-state index contributed by atoms with van der Waals surface area (Å²) in [6.07, 6.45) is -12.3. The Morgan fingerprint density at radius 2 is 0.909 bits per heavy atom. The Labute approximate surface area is 185 Å². The molecule has 0 heterocycles. The molecule has 0 saturated heterocycles. The third kappa shape index (κ3) is 5.00. The van der Waals surface area contributed by atoms with Crippen LogP contribution in [0.15, 0.2) is 102 Å². The molecule has 0 aromatic heterocycles. The van der Waals surface area contributed by atoms with Gasteiger partial charge < -0.3 is 4.43 Å². The van der Waals surface area contributed by atoms with Crippen LogP contribution in [0.2, 0.25) is 0 Å². The molecule has 0 aliphatic carbocycles. The molecular weight excluding hydrogens is 469 g/mol. The Bertz CT molecular complexity index is 1010. The van der Waals surface area contributed by atoms with Crippen molar-refractivity contribution in [1.29, 1.82) is 0 Å². The molecule has 0 spiro atoms.